The Labute approximate surface area is 113 Å². The number of amides is 1. The summed E-state index contributed by atoms with van der Waals surface area (Å²) in [6.07, 6.45) is 0.230. The maximum Gasteiger partial charge on any atom is 0.338 e. The number of benzene rings is 1. The van der Waals surface area contributed by atoms with Crippen molar-refractivity contribution in [3.8, 4) is 0 Å². The van der Waals surface area contributed by atoms with E-state index in [0.717, 1.165) is 5.56 Å². The molecule has 0 saturated heterocycles. The molecule has 0 aromatic heterocycles. The van der Waals surface area contributed by atoms with Gasteiger partial charge in [0.05, 0.1) is 12.7 Å². The number of hydrogen-bond acceptors (Lipinski definition) is 4. The van der Waals surface area contributed by atoms with Crippen molar-refractivity contribution in [3.63, 3.8) is 0 Å². The van der Waals surface area contributed by atoms with E-state index in [0.29, 0.717) is 12.1 Å². The maximum absolute atomic E-state index is 11.6. The fourth-order valence-electron chi connectivity index (χ4n) is 1.82. The van der Waals surface area contributed by atoms with E-state index in [1.807, 2.05) is 26.0 Å². The summed E-state index contributed by atoms with van der Waals surface area (Å²) >= 11 is 0. The number of nitrogens with one attached hydrogen (secondary N) is 1. The molecular weight excluding hydrogens is 244 g/mol. The summed E-state index contributed by atoms with van der Waals surface area (Å²) in [5.41, 5.74) is 6.12. The van der Waals surface area contributed by atoms with Crippen molar-refractivity contribution in [1.82, 2.24) is 5.32 Å². The standard InChI is InChI=1S/C14H20N2O3/c1-14(2,8-12(15)17)16-9-10-6-4-5-7-11(10)13(18)19-3/h4-7,16H,8-9H2,1-3H3,(H2,15,17). The second-order valence-corrected chi connectivity index (χ2v) is 5.03. The number of carbonyl (C=O) groups excluding carboxylic acids is 2. The monoisotopic (exact) mass is 264 g/mol. The normalized spacial score (nSPS) is 11.1. The fraction of sp³-hybridized carbons (Fsp3) is 0.429. The van der Waals surface area contributed by atoms with Crippen LogP contribution >= 0.6 is 0 Å². The van der Waals surface area contributed by atoms with Crippen molar-refractivity contribution in [2.75, 3.05) is 7.11 Å². The van der Waals surface area contributed by atoms with E-state index in [4.69, 9.17) is 10.5 Å². The van der Waals surface area contributed by atoms with E-state index >= 15 is 0 Å². The molecule has 5 nitrogen and oxygen atoms in total. The molecule has 0 bridgehead atoms. The summed E-state index contributed by atoms with van der Waals surface area (Å²) in [5.74, 6) is -0.733. The van der Waals surface area contributed by atoms with Crippen molar-refractivity contribution in [2.45, 2.75) is 32.4 Å². The summed E-state index contributed by atoms with van der Waals surface area (Å²) in [5, 5.41) is 3.22. The molecule has 0 spiro atoms. The Balaban J connectivity index is 2.78. The van der Waals surface area contributed by atoms with Crippen LogP contribution in [-0.2, 0) is 16.1 Å². The highest BCUT2D eigenvalue weighted by Gasteiger charge is 2.20. The predicted molar refractivity (Wildman–Crippen MR) is 72.5 cm³/mol. The van der Waals surface area contributed by atoms with Gasteiger partial charge in [-0.1, -0.05) is 18.2 Å². The molecule has 1 aromatic rings. The van der Waals surface area contributed by atoms with Crippen LogP contribution in [-0.4, -0.2) is 24.5 Å². The Kier molecular flexibility index (Phi) is 5.06. The lowest BCUT2D eigenvalue weighted by molar-refractivity contribution is -0.119. The third-order valence-corrected chi connectivity index (χ3v) is 2.80. The Morgan fingerprint density at radius 3 is 2.53 bits per heavy atom. The topological polar surface area (TPSA) is 81.4 Å². The van der Waals surface area contributed by atoms with Gasteiger partial charge in [-0.15, -0.1) is 0 Å². The van der Waals surface area contributed by atoms with Gasteiger partial charge in [0.2, 0.25) is 5.91 Å². The number of esters is 1. The lowest BCUT2D eigenvalue weighted by Crippen LogP contribution is -2.42. The van der Waals surface area contributed by atoms with Crippen molar-refractivity contribution < 1.29 is 14.3 Å². The zero-order valence-electron chi connectivity index (χ0n) is 11.5. The van der Waals surface area contributed by atoms with Gasteiger partial charge in [-0.25, -0.2) is 4.79 Å². The molecule has 0 fully saturated rings. The largest absolute Gasteiger partial charge is 0.465 e. The SMILES string of the molecule is COC(=O)c1ccccc1CNC(C)(C)CC(N)=O. The van der Waals surface area contributed by atoms with E-state index in [1.165, 1.54) is 7.11 Å². The minimum Gasteiger partial charge on any atom is -0.465 e. The molecule has 0 aliphatic carbocycles. The highest BCUT2D eigenvalue weighted by molar-refractivity contribution is 5.90. The molecule has 0 saturated carbocycles. The van der Waals surface area contributed by atoms with Crippen LogP contribution in [0.4, 0.5) is 0 Å². The molecule has 0 unspecified atom stereocenters. The second kappa shape index (κ2) is 6.33. The summed E-state index contributed by atoms with van der Waals surface area (Å²) in [7, 11) is 1.35. The summed E-state index contributed by atoms with van der Waals surface area (Å²) in [6.45, 7) is 4.24. The van der Waals surface area contributed by atoms with Gasteiger partial charge in [-0.05, 0) is 25.5 Å². The average Bonchev–Trinajstić information content (AvgIpc) is 2.34. The first-order chi connectivity index (χ1) is 8.85. The average molecular weight is 264 g/mol. The van der Waals surface area contributed by atoms with E-state index in [2.05, 4.69) is 5.32 Å². The Hall–Kier alpha value is -1.88. The molecule has 1 amide bonds. The van der Waals surface area contributed by atoms with Crippen LogP contribution in [0.25, 0.3) is 0 Å². The van der Waals surface area contributed by atoms with Crippen LogP contribution in [0.2, 0.25) is 0 Å². The van der Waals surface area contributed by atoms with Gasteiger partial charge in [-0.2, -0.15) is 0 Å². The Bertz CT molecular complexity index is 470. The van der Waals surface area contributed by atoms with E-state index in [1.54, 1.807) is 12.1 Å². The molecular formula is C14H20N2O3. The quantitative estimate of drug-likeness (QED) is 0.757. The summed E-state index contributed by atoms with van der Waals surface area (Å²) in [6, 6.07) is 7.19. The fourth-order valence-corrected chi connectivity index (χ4v) is 1.82. The molecule has 104 valence electrons. The number of primary amides is 1. The van der Waals surface area contributed by atoms with Gasteiger partial charge in [0.25, 0.3) is 0 Å². The lowest BCUT2D eigenvalue weighted by atomic mass is 9.99. The maximum atomic E-state index is 11.6. The summed E-state index contributed by atoms with van der Waals surface area (Å²) in [4.78, 5) is 22.6. The molecule has 0 heterocycles. The van der Waals surface area contributed by atoms with Crippen LogP contribution in [0.5, 0.6) is 0 Å². The van der Waals surface area contributed by atoms with Crippen molar-refractivity contribution in [3.05, 3.63) is 35.4 Å². The third kappa shape index (κ3) is 4.71. The lowest BCUT2D eigenvalue weighted by Gasteiger charge is -2.25. The molecule has 0 aliphatic heterocycles. The van der Waals surface area contributed by atoms with E-state index in [-0.39, 0.29) is 18.3 Å². The smallest absolute Gasteiger partial charge is 0.338 e. The van der Waals surface area contributed by atoms with Gasteiger partial charge in [0.15, 0.2) is 0 Å². The van der Waals surface area contributed by atoms with Gasteiger partial charge in [0, 0.05) is 18.5 Å². The molecule has 5 heteroatoms. The minimum atomic E-state index is -0.422. The summed E-state index contributed by atoms with van der Waals surface area (Å²) < 4.78 is 4.73. The third-order valence-electron chi connectivity index (χ3n) is 2.80. The minimum absolute atomic E-state index is 0.230. The second-order valence-electron chi connectivity index (χ2n) is 5.03. The zero-order chi connectivity index (χ0) is 14.5. The van der Waals surface area contributed by atoms with Crippen LogP contribution in [0.3, 0.4) is 0 Å². The van der Waals surface area contributed by atoms with E-state index in [9.17, 15) is 9.59 Å². The van der Waals surface area contributed by atoms with Crippen LogP contribution in [0, 0.1) is 0 Å². The molecule has 0 aliphatic rings. The highest BCUT2D eigenvalue weighted by Crippen LogP contribution is 2.13. The molecule has 19 heavy (non-hydrogen) atoms. The first kappa shape index (κ1) is 15.2. The number of rotatable bonds is 6. The van der Waals surface area contributed by atoms with E-state index < -0.39 is 5.54 Å². The van der Waals surface area contributed by atoms with Crippen LogP contribution in [0.1, 0.15) is 36.2 Å². The van der Waals surface area contributed by atoms with Crippen molar-refractivity contribution in [2.24, 2.45) is 5.73 Å². The number of ether oxygens (including phenoxy) is 1. The molecule has 1 rings (SSSR count). The highest BCUT2D eigenvalue weighted by atomic mass is 16.5. The molecule has 0 atom stereocenters. The number of methoxy groups -OCH3 is 1. The van der Waals surface area contributed by atoms with Gasteiger partial charge in [-0.3, -0.25) is 4.79 Å². The van der Waals surface area contributed by atoms with Crippen molar-refractivity contribution in [1.29, 1.82) is 0 Å². The van der Waals surface area contributed by atoms with Gasteiger partial charge in [0.1, 0.15) is 0 Å². The molecule has 1 aromatic carbocycles. The zero-order valence-corrected chi connectivity index (χ0v) is 11.5. The van der Waals surface area contributed by atoms with Gasteiger partial charge < -0.3 is 15.8 Å². The molecule has 0 radical (unpaired) electrons. The number of carbonyl (C=O) groups is 2. The Morgan fingerprint density at radius 1 is 1.32 bits per heavy atom. The van der Waals surface area contributed by atoms with Gasteiger partial charge >= 0.3 is 5.97 Å². The first-order valence-electron chi connectivity index (χ1n) is 6.05. The Morgan fingerprint density at radius 2 is 1.95 bits per heavy atom. The number of nitrogens with two attached hydrogens (primary N) is 1. The van der Waals surface area contributed by atoms with Crippen LogP contribution < -0.4 is 11.1 Å². The number of hydrogen-bond donors (Lipinski definition) is 2. The van der Waals surface area contributed by atoms with Crippen molar-refractivity contribution >= 4 is 11.9 Å². The van der Waals surface area contributed by atoms with Crippen LogP contribution in [0.15, 0.2) is 24.3 Å². The molecule has 3 N–H and O–H groups in total. The first-order valence-corrected chi connectivity index (χ1v) is 6.05. The predicted octanol–water partition coefficient (Wildman–Crippen LogP) is 1.22.